The highest BCUT2D eigenvalue weighted by molar-refractivity contribution is 6.52. The van der Waals surface area contributed by atoms with Crippen molar-refractivity contribution >= 4 is 46.3 Å². The highest BCUT2D eigenvalue weighted by atomic mass is 35.5. The van der Waals surface area contributed by atoms with Gasteiger partial charge < -0.3 is 14.6 Å². The number of nitrogens with zero attached hydrogens (tertiary/aromatic N) is 1. The molecule has 1 aliphatic heterocycles. The normalized spacial score (nSPS) is 17.2. The molecule has 1 atom stereocenters. The Morgan fingerprint density at radius 1 is 0.941 bits per heavy atom. The van der Waals surface area contributed by atoms with Gasteiger partial charge in [-0.1, -0.05) is 41.4 Å². The van der Waals surface area contributed by atoms with E-state index in [1.54, 1.807) is 24.3 Å². The first-order chi connectivity index (χ1) is 16.3. The molecule has 1 aliphatic rings. The summed E-state index contributed by atoms with van der Waals surface area (Å²) in [5.41, 5.74) is 0.653. The van der Waals surface area contributed by atoms with Crippen molar-refractivity contribution in [3.63, 3.8) is 0 Å². The molecule has 1 N–H and O–H groups in total. The molecule has 1 heterocycles. The topological polar surface area (TPSA) is 76.1 Å². The van der Waals surface area contributed by atoms with E-state index in [0.717, 1.165) is 11.0 Å². The van der Waals surface area contributed by atoms with Crippen LogP contribution in [0.2, 0.25) is 10.0 Å². The first kappa shape index (κ1) is 23.6. The third-order valence-corrected chi connectivity index (χ3v) is 6.09. The summed E-state index contributed by atoms with van der Waals surface area (Å²) in [6.45, 7) is 0. The summed E-state index contributed by atoms with van der Waals surface area (Å²) in [7, 11) is 2.86. The summed E-state index contributed by atoms with van der Waals surface area (Å²) < 4.78 is 24.5. The highest BCUT2D eigenvalue weighted by Gasteiger charge is 2.48. The molecule has 4 rings (SSSR count). The van der Waals surface area contributed by atoms with E-state index in [4.69, 9.17) is 32.7 Å². The van der Waals surface area contributed by atoms with Gasteiger partial charge in [0.2, 0.25) is 0 Å². The van der Waals surface area contributed by atoms with Crippen LogP contribution in [0.15, 0.2) is 66.2 Å². The standard InChI is InChI=1S/C25H18Cl2FNO5/c1-33-19-6-4-3-5-15(19)22-21(23(30)13-7-9-16(26)20(11-13)34-2)24(31)25(32)29(22)14-8-10-18(28)17(27)12-14/h3-12,22,30H,1-2H3/b23-21+. The second kappa shape index (κ2) is 9.37. The monoisotopic (exact) mass is 501 g/mol. The molecule has 0 spiro atoms. The summed E-state index contributed by atoms with van der Waals surface area (Å²) in [4.78, 5) is 27.6. The zero-order valence-corrected chi connectivity index (χ0v) is 19.5. The van der Waals surface area contributed by atoms with Gasteiger partial charge in [0.1, 0.15) is 23.1 Å². The largest absolute Gasteiger partial charge is 0.507 e. The molecule has 0 radical (unpaired) electrons. The van der Waals surface area contributed by atoms with Gasteiger partial charge in [0, 0.05) is 16.8 Å². The van der Waals surface area contributed by atoms with Crippen LogP contribution in [-0.2, 0) is 9.59 Å². The number of ketones is 1. The number of Topliss-reactive ketones (excluding diaryl/α,β-unsaturated/α-hetero) is 1. The fraction of sp³-hybridized carbons (Fsp3) is 0.120. The minimum absolute atomic E-state index is 0.178. The SMILES string of the molecule is COc1cc(/C(O)=C2\C(=O)C(=O)N(c3ccc(F)c(Cl)c3)C2c2ccccc2OC)ccc1Cl. The lowest BCUT2D eigenvalue weighted by Gasteiger charge is -2.26. The Morgan fingerprint density at radius 3 is 2.32 bits per heavy atom. The van der Waals surface area contributed by atoms with Crippen LogP contribution in [0.25, 0.3) is 5.76 Å². The fourth-order valence-corrected chi connectivity index (χ4v) is 4.25. The van der Waals surface area contributed by atoms with E-state index in [1.807, 2.05) is 0 Å². The second-order valence-corrected chi connectivity index (χ2v) is 8.17. The van der Waals surface area contributed by atoms with Crippen molar-refractivity contribution < 1.29 is 28.6 Å². The van der Waals surface area contributed by atoms with Crippen molar-refractivity contribution in [2.75, 3.05) is 19.1 Å². The van der Waals surface area contributed by atoms with Crippen molar-refractivity contribution in [2.45, 2.75) is 6.04 Å². The summed E-state index contributed by atoms with van der Waals surface area (Å²) in [6, 6.07) is 13.8. The number of anilines is 1. The van der Waals surface area contributed by atoms with Gasteiger partial charge in [-0.3, -0.25) is 14.5 Å². The molecule has 1 amide bonds. The molecule has 0 bridgehead atoms. The van der Waals surface area contributed by atoms with Gasteiger partial charge in [-0.15, -0.1) is 0 Å². The Bertz CT molecular complexity index is 1340. The number of halogens is 3. The van der Waals surface area contributed by atoms with Crippen LogP contribution in [0.4, 0.5) is 10.1 Å². The molecular weight excluding hydrogens is 484 g/mol. The molecule has 174 valence electrons. The third kappa shape index (κ3) is 3.97. The quantitative estimate of drug-likeness (QED) is 0.272. The number of carbonyl (C=O) groups excluding carboxylic acids is 2. The Balaban J connectivity index is 2.00. The summed E-state index contributed by atoms with van der Waals surface area (Å²) in [6.07, 6.45) is 0. The third-order valence-electron chi connectivity index (χ3n) is 5.48. The number of para-hydroxylation sites is 1. The minimum atomic E-state index is -1.08. The zero-order chi connectivity index (χ0) is 24.6. The number of aliphatic hydroxyl groups excluding tert-OH is 1. The lowest BCUT2D eigenvalue weighted by atomic mass is 9.94. The van der Waals surface area contributed by atoms with Crippen LogP contribution in [0.5, 0.6) is 11.5 Å². The number of hydrogen-bond donors (Lipinski definition) is 1. The van der Waals surface area contributed by atoms with Crippen LogP contribution in [0, 0.1) is 5.82 Å². The number of hydrogen-bond acceptors (Lipinski definition) is 5. The zero-order valence-electron chi connectivity index (χ0n) is 18.0. The van der Waals surface area contributed by atoms with Crippen molar-refractivity contribution in [1.82, 2.24) is 0 Å². The van der Waals surface area contributed by atoms with Crippen LogP contribution < -0.4 is 14.4 Å². The molecule has 6 nitrogen and oxygen atoms in total. The molecule has 0 saturated carbocycles. The summed E-state index contributed by atoms with van der Waals surface area (Å²) in [5.74, 6) is -2.29. The fourth-order valence-electron chi connectivity index (χ4n) is 3.88. The van der Waals surface area contributed by atoms with Crippen molar-refractivity contribution in [3.05, 3.63) is 93.2 Å². The van der Waals surface area contributed by atoms with Crippen molar-refractivity contribution in [2.24, 2.45) is 0 Å². The lowest BCUT2D eigenvalue weighted by Crippen LogP contribution is -2.29. The van der Waals surface area contributed by atoms with E-state index in [-0.39, 0.29) is 27.6 Å². The Hall–Kier alpha value is -3.55. The van der Waals surface area contributed by atoms with E-state index in [2.05, 4.69) is 0 Å². The second-order valence-electron chi connectivity index (χ2n) is 7.36. The smallest absolute Gasteiger partial charge is 0.300 e. The predicted octanol–water partition coefficient (Wildman–Crippen LogP) is 5.78. The van der Waals surface area contributed by atoms with Gasteiger partial charge in [-0.05, 0) is 42.5 Å². The summed E-state index contributed by atoms with van der Waals surface area (Å²) >= 11 is 12.1. The van der Waals surface area contributed by atoms with Gasteiger partial charge in [0.05, 0.1) is 35.9 Å². The first-order valence-electron chi connectivity index (χ1n) is 10.0. The predicted molar refractivity (Wildman–Crippen MR) is 127 cm³/mol. The molecule has 3 aromatic carbocycles. The number of carbonyl (C=O) groups is 2. The molecule has 9 heteroatoms. The molecule has 3 aromatic rings. The molecular formula is C25H18Cl2FNO5. The number of rotatable bonds is 5. The molecule has 1 fully saturated rings. The highest BCUT2D eigenvalue weighted by Crippen LogP contribution is 2.45. The summed E-state index contributed by atoms with van der Waals surface area (Å²) in [5, 5.41) is 11.3. The van der Waals surface area contributed by atoms with E-state index in [1.165, 1.54) is 44.6 Å². The number of methoxy groups -OCH3 is 2. The minimum Gasteiger partial charge on any atom is -0.507 e. The van der Waals surface area contributed by atoms with E-state index < -0.39 is 29.3 Å². The maximum atomic E-state index is 13.8. The molecule has 0 aliphatic carbocycles. The maximum absolute atomic E-state index is 13.8. The molecule has 1 saturated heterocycles. The van der Waals surface area contributed by atoms with Crippen molar-refractivity contribution in [1.29, 1.82) is 0 Å². The van der Waals surface area contributed by atoms with Gasteiger partial charge in [0.25, 0.3) is 11.7 Å². The number of amides is 1. The van der Waals surface area contributed by atoms with Crippen LogP contribution >= 0.6 is 23.2 Å². The lowest BCUT2D eigenvalue weighted by molar-refractivity contribution is -0.132. The van der Waals surface area contributed by atoms with E-state index >= 15 is 0 Å². The maximum Gasteiger partial charge on any atom is 0.300 e. The van der Waals surface area contributed by atoms with Crippen LogP contribution in [-0.4, -0.2) is 31.0 Å². The Labute approximate surface area is 204 Å². The van der Waals surface area contributed by atoms with Crippen LogP contribution in [0.3, 0.4) is 0 Å². The van der Waals surface area contributed by atoms with Gasteiger partial charge in [-0.25, -0.2) is 4.39 Å². The molecule has 1 unspecified atom stereocenters. The number of ether oxygens (including phenoxy) is 2. The first-order valence-corrected chi connectivity index (χ1v) is 10.8. The average Bonchev–Trinajstić information content (AvgIpc) is 3.10. The van der Waals surface area contributed by atoms with Gasteiger partial charge >= 0.3 is 0 Å². The van der Waals surface area contributed by atoms with Gasteiger partial charge in [0.15, 0.2) is 0 Å². The Morgan fingerprint density at radius 2 is 1.65 bits per heavy atom. The van der Waals surface area contributed by atoms with Gasteiger partial charge in [-0.2, -0.15) is 0 Å². The van der Waals surface area contributed by atoms with Crippen molar-refractivity contribution in [3.8, 4) is 11.5 Å². The average molecular weight is 502 g/mol. The van der Waals surface area contributed by atoms with Crippen LogP contribution in [0.1, 0.15) is 17.2 Å². The molecule has 0 aromatic heterocycles. The molecule has 34 heavy (non-hydrogen) atoms. The number of benzene rings is 3. The van der Waals surface area contributed by atoms with E-state index in [0.29, 0.717) is 16.3 Å². The Kier molecular flexibility index (Phi) is 6.50. The number of aliphatic hydroxyl groups is 1. The van der Waals surface area contributed by atoms with E-state index in [9.17, 15) is 19.1 Å².